The van der Waals surface area contributed by atoms with Crippen LogP contribution in [0.4, 0.5) is 5.69 Å². The number of benzene rings is 3. The van der Waals surface area contributed by atoms with Crippen LogP contribution < -0.4 is 14.4 Å². The zero-order valence-electron chi connectivity index (χ0n) is 22.6. The Balaban J connectivity index is 2.02. The van der Waals surface area contributed by atoms with Crippen LogP contribution in [-0.4, -0.2) is 51.4 Å². The number of amides is 2. The molecule has 3 aromatic rings. The summed E-state index contributed by atoms with van der Waals surface area (Å²) in [5, 5.41) is 3.22. The van der Waals surface area contributed by atoms with E-state index >= 15 is 0 Å². The summed E-state index contributed by atoms with van der Waals surface area (Å²) in [5.41, 5.74) is 1.90. The molecule has 208 valence electrons. The molecular weight excluding hydrogens is 538 g/mol. The summed E-state index contributed by atoms with van der Waals surface area (Å²) >= 11 is 5.99. The van der Waals surface area contributed by atoms with Crippen LogP contribution in [0.5, 0.6) is 5.75 Å². The van der Waals surface area contributed by atoms with E-state index < -0.39 is 28.5 Å². The number of anilines is 1. The van der Waals surface area contributed by atoms with E-state index in [1.54, 1.807) is 50.4 Å². The van der Waals surface area contributed by atoms with Crippen LogP contribution >= 0.6 is 11.6 Å². The lowest BCUT2D eigenvalue weighted by molar-refractivity contribution is -0.139. The molecule has 0 heterocycles. The average molecular weight is 572 g/mol. The van der Waals surface area contributed by atoms with Gasteiger partial charge in [-0.1, -0.05) is 42.8 Å². The van der Waals surface area contributed by atoms with Gasteiger partial charge in [0.2, 0.25) is 11.8 Å². The summed E-state index contributed by atoms with van der Waals surface area (Å²) in [6, 6.07) is 19.0. The third-order valence-electron chi connectivity index (χ3n) is 6.17. The topological polar surface area (TPSA) is 96.0 Å². The van der Waals surface area contributed by atoms with Crippen molar-refractivity contribution in [2.75, 3.05) is 24.5 Å². The Hall–Kier alpha value is -3.56. The maximum atomic E-state index is 13.9. The number of hydrogen-bond donors (Lipinski definition) is 1. The fraction of sp³-hybridized carbons (Fsp3) is 0.310. The number of ether oxygens (including phenoxy) is 1. The number of sulfonamides is 1. The molecule has 1 atom stereocenters. The van der Waals surface area contributed by atoms with Crippen LogP contribution in [0.25, 0.3) is 0 Å². The first-order valence-electron chi connectivity index (χ1n) is 12.6. The van der Waals surface area contributed by atoms with Crippen molar-refractivity contribution >= 4 is 39.1 Å². The normalized spacial score (nSPS) is 11.9. The second-order valence-corrected chi connectivity index (χ2v) is 11.4. The third kappa shape index (κ3) is 7.74. The molecule has 0 saturated heterocycles. The summed E-state index contributed by atoms with van der Waals surface area (Å²) in [6.45, 7) is 5.45. The van der Waals surface area contributed by atoms with Crippen molar-refractivity contribution in [2.24, 2.45) is 0 Å². The van der Waals surface area contributed by atoms with Crippen LogP contribution in [0.15, 0.2) is 77.7 Å². The lowest BCUT2D eigenvalue weighted by atomic mass is 10.1. The van der Waals surface area contributed by atoms with Gasteiger partial charge in [-0.25, -0.2) is 8.42 Å². The molecule has 0 spiro atoms. The van der Waals surface area contributed by atoms with E-state index in [2.05, 4.69) is 5.32 Å². The number of carbonyl (C=O) groups is 2. The van der Waals surface area contributed by atoms with Gasteiger partial charge in [0.25, 0.3) is 10.0 Å². The molecule has 2 amide bonds. The van der Waals surface area contributed by atoms with Gasteiger partial charge in [-0.2, -0.15) is 0 Å². The highest BCUT2D eigenvalue weighted by atomic mass is 35.5. The van der Waals surface area contributed by atoms with Crippen LogP contribution in [0, 0.1) is 6.92 Å². The van der Waals surface area contributed by atoms with Crippen LogP contribution in [-0.2, 0) is 26.2 Å². The summed E-state index contributed by atoms with van der Waals surface area (Å²) in [7, 11) is -2.61. The SMILES string of the molecule is CCCNC(=O)[C@H](C)N(Cc1cccc(OC)c1)C(=O)CN(c1cccc(C)c1)S(=O)(=O)c1ccc(Cl)cc1. The molecule has 1 N–H and O–H groups in total. The number of rotatable bonds is 12. The number of nitrogens with zero attached hydrogens (tertiary/aromatic N) is 2. The third-order valence-corrected chi connectivity index (χ3v) is 8.21. The minimum atomic E-state index is -4.15. The number of hydrogen-bond acceptors (Lipinski definition) is 5. The van der Waals surface area contributed by atoms with Crippen molar-refractivity contribution in [2.45, 2.75) is 44.7 Å². The molecule has 0 radical (unpaired) electrons. The van der Waals surface area contributed by atoms with E-state index in [0.29, 0.717) is 23.0 Å². The van der Waals surface area contributed by atoms with Gasteiger partial charge >= 0.3 is 0 Å². The maximum Gasteiger partial charge on any atom is 0.264 e. The van der Waals surface area contributed by atoms with E-state index in [0.717, 1.165) is 21.9 Å². The molecule has 0 aliphatic rings. The highest BCUT2D eigenvalue weighted by Crippen LogP contribution is 2.26. The Labute approximate surface area is 235 Å². The first kappa shape index (κ1) is 30.0. The van der Waals surface area contributed by atoms with E-state index in [1.807, 2.05) is 26.0 Å². The summed E-state index contributed by atoms with van der Waals surface area (Å²) in [6.07, 6.45) is 0.739. The predicted molar refractivity (Wildman–Crippen MR) is 153 cm³/mol. The lowest BCUT2D eigenvalue weighted by Crippen LogP contribution is -2.51. The van der Waals surface area contributed by atoms with Gasteiger partial charge < -0.3 is 15.0 Å². The monoisotopic (exact) mass is 571 g/mol. The van der Waals surface area contributed by atoms with Crippen molar-refractivity contribution in [3.05, 3.63) is 88.9 Å². The maximum absolute atomic E-state index is 13.9. The van der Waals surface area contributed by atoms with Crippen LogP contribution in [0.2, 0.25) is 5.02 Å². The van der Waals surface area contributed by atoms with Crippen molar-refractivity contribution in [1.29, 1.82) is 0 Å². The lowest BCUT2D eigenvalue weighted by Gasteiger charge is -2.32. The zero-order chi connectivity index (χ0) is 28.6. The summed E-state index contributed by atoms with van der Waals surface area (Å²) in [4.78, 5) is 28.2. The van der Waals surface area contributed by atoms with Crippen molar-refractivity contribution < 1.29 is 22.7 Å². The Morgan fingerprint density at radius 3 is 2.36 bits per heavy atom. The first-order chi connectivity index (χ1) is 18.6. The molecule has 3 rings (SSSR count). The van der Waals surface area contributed by atoms with Gasteiger partial charge in [-0.15, -0.1) is 0 Å². The van der Waals surface area contributed by atoms with E-state index in [4.69, 9.17) is 16.3 Å². The zero-order valence-corrected chi connectivity index (χ0v) is 24.1. The fourth-order valence-electron chi connectivity index (χ4n) is 3.99. The van der Waals surface area contributed by atoms with Crippen LogP contribution in [0.1, 0.15) is 31.4 Å². The molecule has 0 fully saturated rings. The standard InChI is InChI=1S/C29H34ClN3O5S/c1-5-16-31-29(35)22(3)32(19-23-9-7-11-26(18-23)38-4)28(34)20-33(25-10-6-8-21(2)17-25)39(36,37)27-14-12-24(30)13-15-27/h6-15,17-18,22H,5,16,19-20H2,1-4H3,(H,31,35)/t22-/m0/s1. The van der Waals surface area contributed by atoms with E-state index in [-0.39, 0.29) is 17.3 Å². The second-order valence-electron chi connectivity index (χ2n) is 9.14. The van der Waals surface area contributed by atoms with Gasteiger partial charge in [-0.05, 0) is 79.9 Å². The molecule has 0 bridgehead atoms. The number of aryl methyl sites for hydroxylation is 1. The van der Waals surface area contributed by atoms with E-state index in [1.165, 1.54) is 29.2 Å². The number of nitrogens with one attached hydrogen (secondary N) is 1. The van der Waals surface area contributed by atoms with Crippen molar-refractivity contribution in [3.8, 4) is 5.75 Å². The van der Waals surface area contributed by atoms with E-state index in [9.17, 15) is 18.0 Å². The first-order valence-corrected chi connectivity index (χ1v) is 14.4. The molecule has 39 heavy (non-hydrogen) atoms. The Morgan fingerprint density at radius 1 is 1.03 bits per heavy atom. The Bertz CT molecular complexity index is 1400. The molecule has 0 unspecified atom stereocenters. The quantitative estimate of drug-likeness (QED) is 0.337. The number of halogens is 1. The highest BCUT2D eigenvalue weighted by molar-refractivity contribution is 7.92. The molecule has 0 aliphatic carbocycles. The van der Waals surface area contributed by atoms with Gasteiger partial charge in [0.1, 0.15) is 18.3 Å². The average Bonchev–Trinajstić information content (AvgIpc) is 2.93. The summed E-state index contributed by atoms with van der Waals surface area (Å²) in [5.74, 6) is -0.249. The number of methoxy groups -OCH3 is 1. The van der Waals surface area contributed by atoms with Gasteiger partial charge in [-0.3, -0.25) is 13.9 Å². The van der Waals surface area contributed by atoms with Gasteiger partial charge in [0.05, 0.1) is 17.7 Å². The molecule has 0 aromatic heterocycles. The summed E-state index contributed by atoms with van der Waals surface area (Å²) < 4.78 is 34.0. The minimum absolute atomic E-state index is 0.00529. The molecule has 0 saturated carbocycles. The van der Waals surface area contributed by atoms with Crippen LogP contribution in [0.3, 0.4) is 0 Å². The molecule has 10 heteroatoms. The fourth-order valence-corrected chi connectivity index (χ4v) is 5.52. The smallest absolute Gasteiger partial charge is 0.264 e. The van der Waals surface area contributed by atoms with Gasteiger partial charge in [0, 0.05) is 18.1 Å². The largest absolute Gasteiger partial charge is 0.497 e. The molecule has 8 nitrogen and oxygen atoms in total. The Morgan fingerprint density at radius 2 is 1.72 bits per heavy atom. The molecular formula is C29H34ClN3O5S. The van der Waals surface area contributed by atoms with Crippen molar-refractivity contribution in [3.63, 3.8) is 0 Å². The second kappa shape index (κ2) is 13.5. The minimum Gasteiger partial charge on any atom is -0.497 e. The number of carbonyl (C=O) groups excluding carboxylic acids is 2. The molecule has 3 aromatic carbocycles. The predicted octanol–water partition coefficient (Wildman–Crippen LogP) is 4.80. The van der Waals surface area contributed by atoms with Crippen molar-refractivity contribution in [1.82, 2.24) is 10.2 Å². The Kier molecular flexibility index (Phi) is 10.4. The highest BCUT2D eigenvalue weighted by Gasteiger charge is 2.32. The molecule has 0 aliphatic heterocycles. The van der Waals surface area contributed by atoms with Gasteiger partial charge in [0.15, 0.2) is 0 Å².